The van der Waals surface area contributed by atoms with Crippen molar-refractivity contribution in [1.82, 2.24) is 5.32 Å². The van der Waals surface area contributed by atoms with E-state index in [1.807, 2.05) is 60.7 Å². The van der Waals surface area contributed by atoms with Crippen LogP contribution in [0.2, 0.25) is 0 Å². The van der Waals surface area contributed by atoms with E-state index in [0.29, 0.717) is 19.6 Å². The molecule has 1 unspecified atom stereocenters. The molecule has 0 aliphatic heterocycles. The van der Waals surface area contributed by atoms with E-state index in [-0.39, 0.29) is 18.7 Å². The number of carbonyl (C=O) groups excluding carboxylic acids is 1. The highest BCUT2D eigenvalue weighted by molar-refractivity contribution is 5.83. The van der Waals surface area contributed by atoms with Crippen molar-refractivity contribution in [3.63, 3.8) is 0 Å². The highest BCUT2D eigenvalue weighted by Crippen LogP contribution is 2.05. The molecule has 5 heteroatoms. The van der Waals surface area contributed by atoms with Gasteiger partial charge in [-0.2, -0.15) is 0 Å². The lowest BCUT2D eigenvalue weighted by Gasteiger charge is -2.14. The summed E-state index contributed by atoms with van der Waals surface area (Å²) in [4.78, 5) is 23.3. The predicted octanol–water partition coefficient (Wildman–Crippen LogP) is 2.80. The summed E-state index contributed by atoms with van der Waals surface area (Å²) in [7, 11) is 0. The maximum absolute atomic E-state index is 12.0. The zero-order chi connectivity index (χ0) is 17.9. The summed E-state index contributed by atoms with van der Waals surface area (Å²) in [6.07, 6.45) is 1.07. The standard InChI is InChI=1S/C20H23NO4/c22-19(12-7-13-25-15-17-10-5-2-6-11-17)21-18(20(23)24)14-16-8-3-1-4-9-16/h1-6,8-11,18H,7,12-15H2,(H,21,22)(H,23,24). The minimum Gasteiger partial charge on any atom is -0.480 e. The second-order valence-electron chi connectivity index (χ2n) is 5.79. The van der Waals surface area contributed by atoms with E-state index in [1.54, 1.807) is 0 Å². The molecule has 0 spiro atoms. The van der Waals surface area contributed by atoms with Gasteiger partial charge < -0.3 is 15.2 Å². The first-order valence-electron chi connectivity index (χ1n) is 8.33. The number of ether oxygens (including phenoxy) is 1. The van der Waals surface area contributed by atoms with Gasteiger partial charge in [-0.25, -0.2) is 4.79 Å². The van der Waals surface area contributed by atoms with Crippen molar-refractivity contribution in [1.29, 1.82) is 0 Å². The Bertz CT molecular complexity index is 658. The molecule has 1 amide bonds. The lowest BCUT2D eigenvalue weighted by Crippen LogP contribution is -2.42. The third-order valence-corrected chi connectivity index (χ3v) is 3.72. The zero-order valence-electron chi connectivity index (χ0n) is 14.1. The molecule has 25 heavy (non-hydrogen) atoms. The molecule has 0 fully saturated rings. The van der Waals surface area contributed by atoms with E-state index < -0.39 is 12.0 Å². The molecule has 2 aromatic carbocycles. The van der Waals surface area contributed by atoms with Crippen molar-refractivity contribution in [3.8, 4) is 0 Å². The van der Waals surface area contributed by atoms with Crippen molar-refractivity contribution >= 4 is 11.9 Å². The van der Waals surface area contributed by atoms with Gasteiger partial charge in [0.05, 0.1) is 6.61 Å². The largest absolute Gasteiger partial charge is 0.480 e. The third kappa shape index (κ3) is 7.18. The Balaban J connectivity index is 1.67. The van der Waals surface area contributed by atoms with Crippen LogP contribution >= 0.6 is 0 Å². The number of amides is 1. The molecule has 5 nitrogen and oxygen atoms in total. The minimum atomic E-state index is -1.03. The topological polar surface area (TPSA) is 75.6 Å². The Hall–Kier alpha value is -2.66. The average molecular weight is 341 g/mol. The number of benzene rings is 2. The summed E-state index contributed by atoms with van der Waals surface area (Å²) in [6.45, 7) is 0.965. The molecular formula is C20H23NO4. The van der Waals surface area contributed by atoms with Gasteiger partial charge in [-0.1, -0.05) is 60.7 Å². The van der Waals surface area contributed by atoms with Gasteiger partial charge in [0.25, 0.3) is 0 Å². The van der Waals surface area contributed by atoms with Crippen LogP contribution in [0.5, 0.6) is 0 Å². The maximum Gasteiger partial charge on any atom is 0.326 e. The normalized spacial score (nSPS) is 11.7. The molecule has 0 saturated carbocycles. The fourth-order valence-corrected chi connectivity index (χ4v) is 2.42. The molecule has 0 aliphatic carbocycles. The number of nitrogens with one attached hydrogen (secondary N) is 1. The van der Waals surface area contributed by atoms with Crippen LogP contribution in [0.1, 0.15) is 24.0 Å². The molecule has 132 valence electrons. The Morgan fingerprint density at radius 1 is 0.960 bits per heavy atom. The van der Waals surface area contributed by atoms with E-state index in [2.05, 4.69) is 5.32 Å². The van der Waals surface area contributed by atoms with Crippen LogP contribution < -0.4 is 5.32 Å². The third-order valence-electron chi connectivity index (χ3n) is 3.72. The first-order chi connectivity index (χ1) is 12.1. The van der Waals surface area contributed by atoms with Crippen molar-refractivity contribution in [2.45, 2.75) is 31.9 Å². The van der Waals surface area contributed by atoms with Crippen LogP contribution in [0.15, 0.2) is 60.7 Å². The van der Waals surface area contributed by atoms with Gasteiger partial charge in [-0.15, -0.1) is 0 Å². The van der Waals surface area contributed by atoms with E-state index in [1.165, 1.54) is 0 Å². The lowest BCUT2D eigenvalue weighted by atomic mass is 10.1. The molecule has 0 saturated heterocycles. The van der Waals surface area contributed by atoms with Crippen molar-refractivity contribution < 1.29 is 19.4 Å². The predicted molar refractivity (Wildman–Crippen MR) is 95.0 cm³/mol. The van der Waals surface area contributed by atoms with Gasteiger partial charge in [-0.05, 0) is 17.5 Å². The summed E-state index contributed by atoms with van der Waals surface area (Å²) < 4.78 is 5.52. The number of carboxylic acid groups (broad SMARTS) is 1. The highest BCUT2D eigenvalue weighted by Gasteiger charge is 2.19. The molecule has 0 aromatic heterocycles. The molecular weight excluding hydrogens is 318 g/mol. The first kappa shape index (κ1) is 18.7. The second-order valence-corrected chi connectivity index (χ2v) is 5.79. The van der Waals surface area contributed by atoms with E-state index in [9.17, 15) is 14.7 Å². The summed E-state index contributed by atoms with van der Waals surface area (Å²) in [6, 6.07) is 18.1. The van der Waals surface area contributed by atoms with Crippen LogP contribution in [0, 0.1) is 0 Å². The average Bonchev–Trinajstić information content (AvgIpc) is 2.62. The number of aliphatic carboxylic acids is 1. The highest BCUT2D eigenvalue weighted by atomic mass is 16.5. The van der Waals surface area contributed by atoms with Gasteiger partial charge in [0.15, 0.2) is 0 Å². The van der Waals surface area contributed by atoms with Crippen LogP contribution in [0.25, 0.3) is 0 Å². The smallest absolute Gasteiger partial charge is 0.326 e. The fraction of sp³-hybridized carbons (Fsp3) is 0.300. The molecule has 0 bridgehead atoms. The van der Waals surface area contributed by atoms with E-state index >= 15 is 0 Å². The molecule has 0 heterocycles. The lowest BCUT2D eigenvalue weighted by molar-refractivity contribution is -0.141. The van der Waals surface area contributed by atoms with E-state index in [0.717, 1.165) is 11.1 Å². The number of rotatable bonds is 10. The quantitative estimate of drug-likeness (QED) is 0.652. The van der Waals surface area contributed by atoms with Crippen LogP contribution in [-0.2, 0) is 27.4 Å². The monoisotopic (exact) mass is 341 g/mol. The molecule has 2 N–H and O–H groups in total. The van der Waals surface area contributed by atoms with Gasteiger partial charge in [0.1, 0.15) is 6.04 Å². The van der Waals surface area contributed by atoms with Gasteiger partial charge >= 0.3 is 5.97 Å². The Morgan fingerprint density at radius 2 is 1.56 bits per heavy atom. The summed E-state index contributed by atoms with van der Waals surface area (Å²) >= 11 is 0. The number of carbonyl (C=O) groups is 2. The maximum atomic E-state index is 12.0. The van der Waals surface area contributed by atoms with Crippen molar-refractivity contribution in [3.05, 3.63) is 71.8 Å². The van der Waals surface area contributed by atoms with Crippen LogP contribution in [0.4, 0.5) is 0 Å². The Labute approximate surface area is 147 Å². The number of carboxylic acids is 1. The Morgan fingerprint density at radius 3 is 2.16 bits per heavy atom. The van der Waals surface area contributed by atoms with Gasteiger partial charge in [-0.3, -0.25) is 4.79 Å². The second kappa shape index (κ2) is 10.3. The zero-order valence-corrected chi connectivity index (χ0v) is 14.1. The number of hydrogen-bond donors (Lipinski definition) is 2. The summed E-state index contributed by atoms with van der Waals surface area (Å²) in [5.41, 5.74) is 1.96. The van der Waals surface area contributed by atoms with Crippen LogP contribution in [0.3, 0.4) is 0 Å². The minimum absolute atomic E-state index is 0.243. The number of hydrogen-bond acceptors (Lipinski definition) is 3. The molecule has 0 aliphatic rings. The molecule has 2 rings (SSSR count). The van der Waals surface area contributed by atoms with E-state index in [4.69, 9.17) is 4.74 Å². The first-order valence-corrected chi connectivity index (χ1v) is 8.33. The van der Waals surface area contributed by atoms with Crippen molar-refractivity contribution in [2.24, 2.45) is 0 Å². The SMILES string of the molecule is O=C(CCCOCc1ccccc1)NC(Cc1ccccc1)C(=O)O. The van der Waals surface area contributed by atoms with Gasteiger partial charge in [0.2, 0.25) is 5.91 Å². The van der Waals surface area contributed by atoms with Crippen LogP contribution in [-0.4, -0.2) is 29.6 Å². The van der Waals surface area contributed by atoms with Crippen molar-refractivity contribution in [2.75, 3.05) is 6.61 Å². The molecule has 1 atom stereocenters. The summed E-state index contributed by atoms with van der Waals surface area (Å²) in [5, 5.41) is 11.9. The molecule has 2 aromatic rings. The fourth-order valence-electron chi connectivity index (χ4n) is 2.42. The summed E-state index contributed by atoms with van der Waals surface area (Å²) in [5.74, 6) is -1.30. The van der Waals surface area contributed by atoms with Gasteiger partial charge in [0, 0.05) is 19.4 Å². The Kier molecular flexibility index (Phi) is 7.66. The molecule has 0 radical (unpaired) electrons.